The highest BCUT2D eigenvalue weighted by molar-refractivity contribution is 4.88. The van der Waals surface area contributed by atoms with Gasteiger partial charge in [0.2, 0.25) is 0 Å². The van der Waals surface area contributed by atoms with Gasteiger partial charge in [0.25, 0.3) is 0 Å². The van der Waals surface area contributed by atoms with Crippen molar-refractivity contribution in [2.75, 3.05) is 34.0 Å². The second-order valence-electron chi connectivity index (χ2n) is 4.30. The van der Waals surface area contributed by atoms with Crippen LogP contribution in [0.15, 0.2) is 0 Å². The zero-order chi connectivity index (χ0) is 11.3. The summed E-state index contributed by atoms with van der Waals surface area (Å²) in [5.41, 5.74) is -0.137. The molecule has 0 saturated carbocycles. The lowest BCUT2D eigenvalue weighted by Crippen LogP contribution is -2.48. The van der Waals surface area contributed by atoms with Crippen LogP contribution < -0.4 is 5.32 Å². The molecule has 1 aliphatic heterocycles. The summed E-state index contributed by atoms with van der Waals surface area (Å²) in [6, 6.07) is 0.322. The lowest BCUT2D eigenvalue weighted by atomic mass is 10.0. The lowest BCUT2D eigenvalue weighted by Gasteiger charge is -2.29. The summed E-state index contributed by atoms with van der Waals surface area (Å²) in [7, 11) is 3.48. The highest BCUT2D eigenvalue weighted by atomic mass is 16.5. The van der Waals surface area contributed by atoms with Gasteiger partial charge in [-0.05, 0) is 13.8 Å². The van der Waals surface area contributed by atoms with Crippen LogP contribution in [0.2, 0.25) is 0 Å². The molecule has 1 heterocycles. The van der Waals surface area contributed by atoms with Gasteiger partial charge < -0.3 is 19.5 Å². The van der Waals surface area contributed by atoms with Gasteiger partial charge in [-0.25, -0.2) is 0 Å². The predicted octanol–water partition coefficient (Wildman–Crippen LogP) is 0.805. The average Bonchev–Trinajstić information content (AvgIpc) is 2.74. The number of hydrogen-bond acceptors (Lipinski definition) is 4. The van der Waals surface area contributed by atoms with E-state index in [0.717, 1.165) is 19.6 Å². The van der Waals surface area contributed by atoms with Crippen LogP contribution in [-0.2, 0) is 14.2 Å². The molecule has 4 nitrogen and oxygen atoms in total. The number of ether oxygens (including phenoxy) is 3. The molecule has 1 N–H and O–H groups in total. The minimum absolute atomic E-state index is 0.137. The molecule has 4 heteroatoms. The van der Waals surface area contributed by atoms with E-state index >= 15 is 0 Å². The van der Waals surface area contributed by atoms with Crippen molar-refractivity contribution in [3.63, 3.8) is 0 Å². The van der Waals surface area contributed by atoms with Gasteiger partial charge in [0.15, 0.2) is 0 Å². The first kappa shape index (κ1) is 12.9. The first-order chi connectivity index (χ1) is 7.13. The summed E-state index contributed by atoms with van der Waals surface area (Å²) in [6.45, 7) is 6.47. The second kappa shape index (κ2) is 5.80. The summed E-state index contributed by atoms with van der Waals surface area (Å²) in [6.07, 6.45) is 1.17. The second-order valence-corrected chi connectivity index (χ2v) is 4.30. The molecule has 1 rings (SSSR count). The van der Waals surface area contributed by atoms with Crippen molar-refractivity contribution in [3.8, 4) is 0 Å². The number of methoxy groups -OCH3 is 2. The third kappa shape index (κ3) is 3.41. The standard InChI is InChI=1S/C11H23NO3/c1-9(10(2)13-3)12-7-11(14-4)5-6-15-8-11/h9-10,12H,5-8H2,1-4H3. The van der Waals surface area contributed by atoms with E-state index in [1.165, 1.54) is 0 Å². The molecule has 0 aromatic rings. The van der Waals surface area contributed by atoms with E-state index in [1.807, 2.05) is 0 Å². The zero-order valence-corrected chi connectivity index (χ0v) is 10.2. The third-order valence-electron chi connectivity index (χ3n) is 3.32. The summed E-state index contributed by atoms with van der Waals surface area (Å²) >= 11 is 0. The highest BCUT2D eigenvalue weighted by Gasteiger charge is 2.35. The van der Waals surface area contributed by atoms with Crippen LogP contribution in [0.1, 0.15) is 20.3 Å². The Morgan fingerprint density at radius 1 is 1.40 bits per heavy atom. The monoisotopic (exact) mass is 217 g/mol. The molecule has 3 atom stereocenters. The van der Waals surface area contributed by atoms with E-state index < -0.39 is 0 Å². The quantitative estimate of drug-likeness (QED) is 0.714. The molecule has 0 aromatic carbocycles. The molecule has 0 aliphatic carbocycles. The maximum absolute atomic E-state index is 5.53. The molecule has 1 aliphatic rings. The van der Waals surface area contributed by atoms with Gasteiger partial charge in [-0.3, -0.25) is 0 Å². The summed E-state index contributed by atoms with van der Waals surface area (Å²) < 4.78 is 16.2. The number of nitrogens with one attached hydrogen (secondary N) is 1. The van der Waals surface area contributed by atoms with Crippen LogP contribution in [0.4, 0.5) is 0 Å². The van der Waals surface area contributed by atoms with Crippen molar-refractivity contribution in [1.82, 2.24) is 5.32 Å². The molecule has 1 fully saturated rings. The molecule has 3 unspecified atom stereocenters. The maximum atomic E-state index is 5.53. The summed E-state index contributed by atoms with van der Waals surface area (Å²) in [5, 5.41) is 3.44. The Kier molecular flexibility index (Phi) is 4.99. The van der Waals surface area contributed by atoms with E-state index in [4.69, 9.17) is 14.2 Å². The largest absolute Gasteiger partial charge is 0.380 e. The Hall–Kier alpha value is -0.160. The van der Waals surface area contributed by atoms with Crippen LogP contribution in [0.3, 0.4) is 0 Å². The predicted molar refractivity (Wildman–Crippen MR) is 59.1 cm³/mol. The van der Waals surface area contributed by atoms with Crippen LogP contribution >= 0.6 is 0 Å². The van der Waals surface area contributed by atoms with E-state index in [0.29, 0.717) is 12.6 Å². The minimum atomic E-state index is -0.137. The molecular formula is C11H23NO3. The Balaban J connectivity index is 2.34. The molecular weight excluding hydrogens is 194 g/mol. The molecule has 1 saturated heterocycles. The smallest absolute Gasteiger partial charge is 0.106 e. The lowest BCUT2D eigenvalue weighted by molar-refractivity contribution is -0.0214. The fourth-order valence-corrected chi connectivity index (χ4v) is 1.68. The van der Waals surface area contributed by atoms with Crippen LogP contribution in [-0.4, -0.2) is 51.7 Å². The van der Waals surface area contributed by atoms with Gasteiger partial charge in [0.1, 0.15) is 5.60 Å². The average molecular weight is 217 g/mol. The van der Waals surface area contributed by atoms with E-state index in [-0.39, 0.29) is 11.7 Å². The molecule has 0 amide bonds. The molecule has 0 bridgehead atoms. The zero-order valence-electron chi connectivity index (χ0n) is 10.2. The number of hydrogen-bond donors (Lipinski definition) is 1. The van der Waals surface area contributed by atoms with Gasteiger partial charge in [-0.2, -0.15) is 0 Å². The Morgan fingerprint density at radius 3 is 2.60 bits per heavy atom. The normalized spacial score (nSPS) is 30.4. The topological polar surface area (TPSA) is 39.7 Å². The highest BCUT2D eigenvalue weighted by Crippen LogP contribution is 2.21. The summed E-state index contributed by atoms with van der Waals surface area (Å²) in [4.78, 5) is 0. The Morgan fingerprint density at radius 2 is 2.13 bits per heavy atom. The van der Waals surface area contributed by atoms with E-state index in [2.05, 4.69) is 19.2 Å². The maximum Gasteiger partial charge on any atom is 0.106 e. The third-order valence-corrected chi connectivity index (χ3v) is 3.32. The first-order valence-electron chi connectivity index (χ1n) is 5.52. The van der Waals surface area contributed by atoms with Crippen LogP contribution in [0.5, 0.6) is 0 Å². The molecule has 0 spiro atoms. The van der Waals surface area contributed by atoms with E-state index in [9.17, 15) is 0 Å². The molecule has 0 aromatic heterocycles. The fraction of sp³-hybridized carbons (Fsp3) is 1.00. The van der Waals surface area contributed by atoms with Crippen molar-refractivity contribution in [2.24, 2.45) is 0 Å². The van der Waals surface area contributed by atoms with Gasteiger partial charge in [-0.15, -0.1) is 0 Å². The van der Waals surface area contributed by atoms with Crippen molar-refractivity contribution >= 4 is 0 Å². The van der Waals surface area contributed by atoms with Gasteiger partial charge in [0.05, 0.1) is 12.7 Å². The van der Waals surface area contributed by atoms with Crippen molar-refractivity contribution < 1.29 is 14.2 Å². The van der Waals surface area contributed by atoms with Crippen molar-refractivity contribution in [2.45, 2.75) is 38.0 Å². The summed E-state index contributed by atoms with van der Waals surface area (Å²) in [5.74, 6) is 0. The van der Waals surface area contributed by atoms with Gasteiger partial charge >= 0.3 is 0 Å². The van der Waals surface area contributed by atoms with Crippen LogP contribution in [0, 0.1) is 0 Å². The number of rotatable bonds is 6. The molecule has 15 heavy (non-hydrogen) atoms. The minimum Gasteiger partial charge on any atom is -0.380 e. The first-order valence-corrected chi connectivity index (χ1v) is 5.52. The Bertz CT molecular complexity index is 181. The van der Waals surface area contributed by atoms with Crippen molar-refractivity contribution in [3.05, 3.63) is 0 Å². The molecule has 90 valence electrons. The Labute approximate surface area is 92.3 Å². The van der Waals surface area contributed by atoms with Gasteiger partial charge in [-0.1, -0.05) is 0 Å². The van der Waals surface area contributed by atoms with Crippen LogP contribution in [0.25, 0.3) is 0 Å². The molecule has 0 radical (unpaired) electrons. The fourth-order valence-electron chi connectivity index (χ4n) is 1.68. The van der Waals surface area contributed by atoms with Gasteiger partial charge in [0, 0.05) is 39.8 Å². The SMILES string of the molecule is COC(C)C(C)NCC1(OC)CCOC1. The van der Waals surface area contributed by atoms with Crippen molar-refractivity contribution in [1.29, 1.82) is 0 Å². The van der Waals surface area contributed by atoms with E-state index in [1.54, 1.807) is 14.2 Å².